The summed E-state index contributed by atoms with van der Waals surface area (Å²) in [4.78, 5) is 28.6. The lowest BCUT2D eigenvalue weighted by molar-refractivity contribution is 0.102. The van der Waals surface area contributed by atoms with Crippen LogP contribution in [-0.4, -0.2) is 15.5 Å². The van der Waals surface area contributed by atoms with E-state index in [9.17, 15) is 14.0 Å². The number of nitrogens with zero attached hydrogens (tertiary/aromatic N) is 1. The summed E-state index contributed by atoms with van der Waals surface area (Å²) >= 11 is 5.36. The molecule has 144 valence electrons. The highest BCUT2D eigenvalue weighted by atomic mass is 32.1. The van der Waals surface area contributed by atoms with Crippen molar-refractivity contribution in [2.45, 2.75) is 6.92 Å². The number of halogens is 1. The summed E-state index contributed by atoms with van der Waals surface area (Å²) in [5.41, 5.74) is 2.35. The highest BCUT2D eigenvalue weighted by molar-refractivity contribution is 7.71. The molecule has 0 aliphatic carbocycles. The van der Waals surface area contributed by atoms with Crippen molar-refractivity contribution in [3.63, 3.8) is 0 Å². The second kappa shape index (κ2) is 7.44. The summed E-state index contributed by atoms with van der Waals surface area (Å²) < 4.78 is 14.9. The van der Waals surface area contributed by atoms with Gasteiger partial charge in [0.15, 0.2) is 4.77 Å². The summed E-state index contributed by atoms with van der Waals surface area (Å²) in [5, 5.41) is 3.17. The molecule has 1 aromatic heterocycles. The number of rotatable bonds is 3. The predicted octanol–water partition coefficient (Wildman–Crippen LogP) is 4.75. The average molecular weight is 405 g/mol. The molecule has 7 heteroatoms. The third-order valence-corrected chi connectivity index (χ3v) is 4.90. The first-order valence-electron chi connectivity index (χ1n) is 8.86. The van der Waals surface area contributed by atoms with Crippen LogP contribution in [0.2, 0.25) is 0 Å². The van der Waals surface area contributed by atoms with Crippen LogP contribution in [0.1, 0.15) is 15.9 Å². The molecule has 0 bridgehead atoms. The summed E-state index contributed by atoms with van der Waals surface area (Å²) in [5.74, 6) is -0.735. The van der Waals surface area contributed by atoms with Crippen molar-refractivity contribution < 1.29 is 9.18 Å². The minimum absolute atomic E-state index is 0.237. The van der Waals surface area contributed by atoms with Crippen molar-refractivity contribution in [3.8, 4) is 5.69 Å². The predicted molar refractivity (Wildman–Crippen MR) is 114 cm³/mol. The van der Waals surface area contributed by atoms with Gasteiger partial charge in [-0.05, 0) is 73.2 Å². The fraction of sp³-hybridized carbons (Fsp3) is 0.0455. The van der Waals surface area contributed by atoms with E-state index in [0.29, 0.717) is 33.4 Å². The van der Waals surface area contributed by atoms with Crippen LogP contribution in [-0.2, 0) is 0 Å². The number of anilines is 1. The van der Waals surface area contributed by atoms with Crippen LogP contribution in [0.15, 0.2) is 71.5 Å². The van der Waals surface area contributed by atoms with Gasteiger partial charge in [0.05, 0.1) is 16.6 Å². The fourth-order valence-electron chi connectivity index (χ4n) is 3.13. The van der Waals surface area contributed by atoms with Gasteiger partial charge in [-0.15, -0.1) is 0 Å². The Morgan fingerprint density at radius 2 is 1.83 bits per heavy atom. The molecule has 3 aromatic carbocycles. The molecule has 0 spiro atoms. The minimum Gasteiger partial charge on any atom is -0.331 e. The molecule has 29 heavy (non-hydrogen) atoms. The van der Waals surface area contributed by atoms with Crippen molar-refractivity contribution in [1.29, 1.82) is 0 Å². The van der Waals surface area contributed by atoms with E-state index < -0.39 is 0 Å². The molecule has 0 saturated carbocycles. The van der Waals surface area contributed by atoms with E-state index in [-0.39, 0.29) is 22.1 Å². The van der Waals surface area contributed by atoms with Gasteiger partial charge in [-0.3, -0.25) is 14.2 Å². The van der Waals surface area contributed by atoms with Crippen LogP contribution in [0.4, 0.5) is 10.1 Å². The molecular weight excluding hydrogens is 389 g/mol. The molecule has 5 nitrogen and oxygen atoms in total. The van der Waals surface area contributed by atoms with Gasteiger partial charge in [0.25, 0.3) is 11.5 Å². The smallest absolute Gasteiger partial charge is 0.266 e. The Kier molecular flexibility index (Phi) is 4.82. The number of nitrogens with one attached hydrogen (secondary N) is 2. The Morgan fingerprint density at radius 1 is 1.07 bits per heavy atom. The second-order valence-corrected chi connectivity index (χ2v) is 6.97. The normalized spacial score (nSPS) is 10.8. The molecule has 0 unspecified atom stereocenters. The SMILES string of the molecule is Cc1cc(F)ccc1NC(=O)c1ccc2c(=O)n(-c3ccccc3)c(=S)[nH]c2c1. The highest BCUT2D eigenvalue weighted by Crippen LogP contribution is 2.18. The molecule has 0 atom stereocenters. The molecule has 0 saturated heterocycles. The zero-order valence-electron chi connectivity index (χ0n) is 15.4. The lowest BCUT2D eigenvalue weighted by atomic mass is 10.1. The molecule has 1 heterocycles. The Morgan fingerprint density at radius 3 is 2.55 bits per heavy atom. The van der Waals surface area contributed by atoms with Gasteiger partial charge in [0.1, 0.15) is 5.82 Å². The van der Waals surface area contributed by atoms with Gasteiger partial charge in [-0.25, -0.2) is 4.39 Å². The molecule has 0 radical (unpaired) electrons. The Balaban J connectivity index is 1.74. The van der Waals surface area contributed by atoms with Crippen LogP contribution in [0.3, 0.4) is 0 Å². The van der Waals surface area contributed by atoms with Crippen molar-refractivity contribution in [2.24, 2.45) is 0 Å². The number of amides is 1. The number of benzene rings is 3. The topological polar surface area (TPSA) is 66.9 Å². The van der Waals surface area contributed by atoms with Gasteiger partial charge in [-0.2, -0.15) is 0 Å². The van der Waals surface area contributed by atoms with Crippen molar-refractivity contribution in [1.82, 2.24) is 9.55 Å². The van der Waals surface area contributed by atoms with Crippen LogP contribution >= 0.6 is 12.2 Å². The molecule has 2 N–H and O–H groups in total. The maximum Gasteiger partial charge on any atom is 0.266 e. The second-order valence-electron chi connectivity index (χ2n) is 6.58. The van der Waals surface area contributed by atoms with Crippen molar-refractivity contribution >= 4 is 34.7 Å². The van der Waals surface area contributed by atoms with Gasteiger partial charge in [-0.1, -0.05) is 18.2 Å². The first-order chi connectivity index (χ1) is 13.9. The number of hydrogen-bond acceptors (Lipinski definition) is 3. The molecule has 0 fully saturated rings. The Hall–Kier alpha value is -3.58. The molecular formula is C22H16FN3O2S. The molecule has 4 aromatic rings. The fourth-order valence-corrected chi connectivity index (χ4v) is 3.43. The summed E-state index contributed by atoms with van der Waals surface area (Å²) in [6.07, 6.45) is 0. The van der Waals surface area contributed by atoms with Crippen molar-refractivity contribution in [3.05, 3.63) is 98.8 Å². The van der Waals surface area contributed by atoms with E-state index in [1.807, 2.05) is 18.2 Å². The number of carbonyl (C=O) groups excluding carboxylic acids is 1. The molecule has 4 rings (SSSR count). The van der Waals surface area contributed by atoms with E-state index in [4.69, 9.17) is 12.2 Å². The lowest BCUT2D eigenvalue weighted by Gasteiger charge is -2.10. The maximum atomic E-state index is 13.3. The Labute approximate surface area is 170 Å². The zero-order valence-corrected chi connectivity index (χ0v) is 16.2. The van der Waals surface area contributed by atoms with Crippen LogP contribution < -0.4 is 10.9 Å². The minimum atomic E-state index is -0.367. The first kappa shape index (κ1) is 18.8. The van der Waals surface area contributed by atoms with E-state index in [1.54, 1.807) is 37.3 Å². The largest absolute Gasteiger partial charge is 0.331 e. The monoisotopic (exact) mass is 405 g/mol. The quantitative estimate of drug-likeness (QED) is 0.484. The molecule has 0 aliphatic rings. The van der Waals surface area contributed by atoms with Gasteiger partial charge < -0.3 is 10.3 Å². The molecule has 1 amide bonds. The highest BCUT2D eigenvalue weighted by Gasteiger charge is 2.12. The van der Waals surface area contributed by atoms with E-state index in [0.717, 1.165) is 0 Å². The number of fused-ring (bicyclic) bond motifs is 1. The van der Waals surface area contributed by atoms with Crippen LogP contribution in [0, 0.1) is 17.5 Å². The van der Waals surface area contributed by atoms with E-state index in [1.165, 1.54) is 22.8 Å². The third kappa shape index (κ3) is 3.60. The number of carbonyl (C=O) groups is 1. The average Bonchev–Trinajstić information content (AvgIpc) is 2.70. The van der Waals surface area contributed by atoms with Gasteiger partial charge in [0, 0.05) is 11.3 Å². The maximum absolute atomic E-state index is 13.3. The number of para-hydroxylation sites is 1. The lowest BCUT2D eigenvalue weighted by Crippen LogP contribution is -2.21. The number of aromatic nitrogens is 2. The summed E-state index contributed by atoms with van der Waals surface area (Å²) in [7, 11) is 0. The van der Waals surface area contributed by atoms with E-state index in [2.05, 4.69) is 10.3 Å². The number of H-pyrrole nitrogens is 1. The number of hydrogen-bond donors (Lipinski definition) is 2. The van der Waals surface area contributed by atoms with Crippen LogP contribution in [0.25, 0.3) is 16.6 Å². The van der Waals surface area contributed by atoms with Gasteiger partial charge in [0.2, 0.25) is 0 Å². The van der Waals surface area contributed by atoms with Gasteiger partial charge >= 0.3 is 0 Å². The standard InChI is InChI=1S/C22H16FN3O2S/c1-13-11-15(23)8-10-18(13)24-20(27)14-7-9-17-19(12-14)25-22(29)26(21(17)28)16-5-3-2-4-6-16/h2-12H,1H3,(H,24,27)(H,25,29). The number of aromatic amines is 1. The number of aryl methyl sites for hydroxylation is 1. The zero-order chi connectivity index (χ0) is 20.5. The van der Waals surface area contributed by atoms with E-state index >= 15 is 0 Å². The summed E-state index contributed by atoms with van der Waals surface area (Å²) in [6.45, 7) is 1.71. The molecule has 0 aliphatic heterocycles. The first-order valence-corrected chi connectivity index (χ1v) is 9.27. The Bertz CT molecular complexity index is 1360. The summed E-state index contributed by atoms with van der Waals surface area (Å²) in [6, 6.07) is 18.0. The van der Waals surface area contributed by atoms with Crippen LogP contribution in [0.5, 0.6) is 0 Å². The third-order valence-electron chi connectivity index (χ3n) is 4.61. The van der Waals surface area contributed by atoms with Crippen molar-refractivity contribution in [2.75, 3.05) is 5.32 Å².